The molecule has 2 amide bonds. The van der Waals surface area contributed by atoms with E-state index >= 15 is 0 Å². The molecular formula is C22H28N2O4S. The van der Waals surface area contributed by atoms with Gasteiger partial charge in [0, 0.05) is 18.0 Å². The third-order valence-corrected chi connectivity index (χ3v) is 5.79. The number of rotatable bonds is 4. The Labute approximate surface area is 175 Å². The van der Waals surface area contributed by atoms with Gasteiger partial charge in [-0.25, -0.2) is 4.79 Å². The number of thiophene rings is 1. The molecule has 0 unspecified atom stereocenters. The Morgan fingerprint density at radius 2 is 2.03 bits per heavy atom. The lowest BCUT2D eigenvalue weighted by atomic mass is 10.0. The minimum absolute atomic E-state index is 0.0334. The summed E-state index contributed by atoms with van der Waals surface area (Å²) in [6.45, 7) is 8.39. The van der Waals surface area contributed by atoms with Gasteiger partial charge in [-0.05, 0) is 63.4 Å². The number of carbonyl (C=O) groups excluding carboxylic acids is 2. The minimum Gasteiger partial charge on any atom is -0.444 e. The van der Waals surface area contributed by atoms with Crippen LogP contribution in [0.25, 0.3) is 10.4 Å². The monoisotopic (exact) mass is 416 g/mol. The molecule has 2 atom stereocenters. The number of likely N-dealkylation sites (tertiary alicyclic amines) is 1. The molecule has 6 nitrogen and oxygen atoms in total. The first-order chi connectivity index (χ1) is 13.6. The first kappa shape index (κ1) is 21.3. The van der Waals surface area contributed by atoms with E-state index in [0.29, 0.717) is 24.4 Å². The summed E-state index contributed by atoms with van der Waals surface area (Å²) < 4.78 is 5.32. The van der Waals surface area contributed by atoms with Gasteiger partial charge in [0.15, 0.2) is 0 Å². The summed E-state index contributed by atoms with van der Waals surface area (Å²) in [5.74, 6) is -0.0334. The van der Waals surface area contributed by atoms with Gasteiger partial charge in [0.2, 0.25) is 0 Å². The van der Waals surface area contributed by atoms with Crippen molar-refractivity contribution < 1.29 is 19.4 Å². The molecule has 2 heterocycles. The van der Waals surface area contributed by atoms with Gasteiger partial charge in [-0.1, -0.05) is 18.2 Å². The van der Waals surface area contributed by atoms with Crippen molar-refractivity contribution in [2.24, 2.45) is 0 Å². The molecule has 0 aliphatic carbocycles. The zero-order chi connectivity index (χ0) is 21.2. The van der Waals surface area contributed by atoms with Crippen LogP contribution in [0, 0.1) is 0 Å². The lowest BCUT2D eigenvalue weighted by Gasteiger charge is -2.22. The third kappa shape index (κ3) is 5.58. The smallest absolute Gasteiger partial charge is 0.408 e. The molecule has 0 saturated carbocycles. The van der Waals surface area contributed by atoms with Crippen LogP contribution in [0.4, 0.5) is 4.79 Å². The molecule has 156 valence electrons. The maximum atomic E-state index is 12.6. The van der Waals surface area contributed by atoms with Gasteiger partial charge in [-0.15, -0.1) is 11.3 Å². The van der Waals surface area contributed by atoms with Crippen molar-refractivity contribution in [3.05, 3.63) is 46.8 Å². The number of ether oxygens (including phenoxy) is 1. The van der Waals surface area contributed by atoms with E-state index < -0.39 is 17.8 Å². The largest absolute Gasteiger partial charge is 0.444 e. The van der Waals surface area contributed by atoms with Gasteiger partial charge >= 0.3 is 6.09 Å². The van der Waals surface area contributed by atoms with Crippen molar-refractivity contribution in [1.82, 2.24) is 10.2 Å². The van der Waals surface area contributed by atoms with E-state index in [1.807, 2.05) is 64.1 Å². The van der Waals surface area contributed by atoms with Crippen molar-refractivity contribution in [1.29, 1.82) is 0 Å². The second-order valence-corrected chi connectivity index (χ2v) is 9.43. The number of β-amino-alcohol motifs (C(OH)–C–C–N with tert-alkyl or cyclic N) is 1. The number of aliphatic hydroxyl groups is 1. The topological polar surface area (TPSA) is 78.9 Å². The molecular weight excluding hydrogens is 388 g/mol. The molecule has 0 bridgehead atoms. The molecule has 2 aromatic rings. The van der Waals surface area contributed by atoms with Crippen LogP contribution < -0.4 is 5.32 Å². The minimum atomic E-state index is -0.545. The highest BCUT2D eigenvalue weighted by Crippen LogP contribution is 2.31. The number of nitrogens with zero attached hydrogens (tertiary/aromatic N) is 1. The maximum absolute atomic E-state index is 12.6. The highest BCUT2D eigenvalue weighted by atomic mass is 32.1. The first-order valence-electron chi connectivity index (χ1n) is 9.79. The summed E-state index contributed by atoms with van der Waals surface area (Å²) in [7, 11) is 0. The van der Waals surface area contributed by atoms with Gasteiger partial charge in [-0.3, -0.25) is 4.79 Å². The van der Waals surface area contributed by atoms with Gasteiger partial charge in [0.25, 0.3) is 5.91 Å². The fraction of sp³-hybridized carbons (Fsp3) is 0.455. The lowest BCUT2D eigenvalue weighted by molar-refractivity contribution is 0.0507. The third-order valence-electron chi connectivity index (χ3n) is 4.67. The summed E-state index contributed by atoms with van der Waals surface area (Å²) in [5.41, 5.74) is 1.40. The molecule has 3 rings (SSSR count). The average molecular weight is 417 g/mol. The average Bonchev–Trinajstić information content (AvgIpc) is 3.29. The normalized spacial score (nSPS) is 17.8. The Kier molecular flexibility index (Phi) is 6.29. The van der Waals surface area contributed by atoms with Gasteiger partial charge in [0.05, 0.1) is 17.0 Å². The lowest BCUT2D eigenvalue weighted by Crippen LogP contribution is -2.34. The van der Waals surface area contributed by atoms with Crippen LogP contribution in [0.5, 0.6) is 0 Å². The number of hydrogen-bond donors (Lipinski definition) is 2. The number of benzene rings is 1. The van der Waals surface area contributed by atoms with Gasteiger partial charge < -0.3 is 20.1 Å². The van der Waals surface area contributed by atoms with Gasteiger partial charge in [-0.2, -0.15) is 0 Å². The number of aliphatic hydroxyl groups excluding tert-OH is 1. The van der Waals surface area contributed by atoms with Crippen LogP contribution in [0.2, 0.25) is 0 Å². The highest BCUT2D eigenvalue weighted by molar-refractivity contribution is 7.17. The molecule has 1 aromatic heterocycles. The molecule has 1 aliphatic rings. The molecule has 0 radical (unpaired) electrons. The van der Waals surface area contributed by atoms with Crippen LogP contribution >= 0.6 is 11.3 Å². The van der Waals surface area contributed by atoms with Crippen molar-refractivity contribution in [3.8, 4) is 10.4 Å². The fourth-order valence-corrected chi connectivity index (χ4v) is 4.19. The summed E-state index contributed by atoms with van der Waals surface area (Å²) in [5, 5.41) is 12.5. The van der Waals surface area contributed by atoms with Crippen molar-refractivity contribution in [2.45, 2.75) is 51.9 Å². The number of carbonyl (C=O) groups is 2. The predicted octanol–water partition coefficient (Wildman–Crippen LogP) is 4.21. The quantitative estimate of drug-likeness (QED) is 0.783. The molecule has 1 fully saturated rings. The second kappa shape index (κ2) is 8.55. The standard InChI is InChI=1S/C22H28N2O4S/c1-14(23-21(27)28-22(2,3)4)15-6-5-7-16(12-15)18-8-9-19(29-18)20(26)24-11-10-17(25)13-24/h5-9,12,14,17,25H,10-11,13H2,1-4H3,(H,23,27)/t14-,17+/m1/s1. The predicted molar refractivity (Wildman–Crippen MR) is 114 cm³/mol. The van der Waals surface area contributed by atoms with E-state index in [-0.39, 0.29) is 11.9 Å². The SMILES string of the molecule is C[C@@H](NC(=O)OC(C)(C)C)c1cccc(-c2ccc(C(=O)N3CC[C@H](O)C3)s2)c1. The Bertz CT molecular complexity index is 887. The zero-order valence-electron chi connectivity index (χ0n) is 17.3. The van der Waals surface area contributed by atoms with Crippen molar-refractivity contribution >= 4 is 23.3 Å². The highest BCUT2D eigenvalue weighted by Gasteiger charge is 2.26. The summed E-state index contributed by atoms with van der Waals surface area (Å²) in [4.78, 5) is 28.0. The van der Waals surface area contributed by atoms with Crippen molar-refractivity contribution in [3.63, 3.8) is 0 Å². The van der Waals surface area contributed by atoms with E-state index in [9.17, 15) is 14.7 Å². The summed E-state index contributed by atoms with van der Waals surface area (Å²) in [6, 6.07) is 11.5. The number of amides is 2. The fourth-order valence-electron chi connectivity index (χ4n) is 3.22. The van der Waals surface area contributed by atoms with E-state index in [1.54, 1.807) is 4.90 Å². The molecule has 1 aromatic carbocycles. The number of hydrogen-bond acceptors (Lipinski definition) is 5. The number of alkyl carbamates (subject to hydrolysis) is 1. The Morgan fingerprint density at radius 3 is 2.69 bits per heavy atom. The van der Waals surface area contributed by atoms with Gasteiger partial charge in [0.1, 0.15) is 5.60 Å². The van der Waals surface area contributed by atoms with Crippen molar-refractivity contribution in [2.75, 3.05) is 13.1 Å². The van der Waals surface area contributed by atoms with E-state index in [0.717, 1.165) is 16.0 Å². The maximum Gasteiger partial charge on any atom is 0.408 e. The molecule has 29 heavy (non-hydrogen) atoms. The Hall–Kier alpha value is -2.38. The van der Waals surface area contributed by atoms with Crippen LogP contribution in [0.1, 0.15) is 55.4 Å². The van der Waals surface area contributed by atoms with E-state index in [4.69, 9.17) is 4.74 Å². The number of nitrogens with one attached hydrogen (secondary N) is 1. The molecule has 2 N–H and O–H groups in total. The molecule has 1 aliphatic heterocycles. The van der Waals surface area contributed by atoms with Crippen LogP contribution in [-0.4, -0.2) is 46.8 Å². The molecule has 1 saturated heterocycles. The Morgan fingerprint density at radius 1 is 1.28 bits per heavy atom. The van der Waals surface area contributed by atoms with E-state index in [1.165, 1.54) is 11.3 Å². The van der Waals surface area contributed by atoms with Crippen LogP contribution in [0.3, 0.4) is 0 Å². The van der Waals surface area contributed by atoms with E-state index in [2.05, 4.69) is 5.32 Å². The van der Waals surface area contributed by atoms with Crippen LogP contribution in [-0.2, 0) is 4.74 Å². The molecule has 0 spiro atoms. The summed E-state index contributed by atoms with van der Waals surface area (Å²) >= 11 is 1.44. The zero-order valence-corrected chi connectivity index (χ0v) is 18.1. The first-order valence-corrected chi connectivity index (χ1v) is 10.6. The Balaban J connectivity index is 1.70. The van der Waals surface area contributed by atoms with Crippen LogP contribution in [0.15, 0.2) is 36.4 Å². The second-order valence-electron chi connectivity index (χ2n) is 8.35. The summed E-state index contributed by atoms with van der Waals surface area (Å²) in [6.07, 6.45) is -0.240. The molecule has 7 heteroatoms.